The number of hydrogen-bond donors (Lipinski definition) is 2. The van der Waals surface area contributed by atoms with Crippen molar-refractivity contribution in [3.8, 4) is 5.75 Å². The number of methoxy groups -OCH3 is 1. The average Bonchev–Trinajstić information content (AvgIpc) is 2.54. The number of anilines is 1. The summed E-state index contributed by atoms with van der Waals surface area (Å²) < 4.78 is 58.3. The Hall–Kier alpha value is -2.39. The molecule has 2 aromatic carbocycles. The van der Waals surface area contributed by atoms with Crippen molar-refractivity contribution in [2.45, 2.75) is 0 Å². The second kappa shape index (κ2) is 7.66. The monoisotopic (exact) mass is 392 g/mol. The van der Waals surface area contributed by atoms with Crippen LogP contribution in [0.3, 0.4) is 0 Å². The van der Waals surface area contributed by atoms with Crippen molar-refractivity contribution in [1.29, 1.82) is 0 Å². The number of nitrogens with one attached hydrogen (secondary N) is 2. The molecule has 0 spiro atoms. The third-order valence-electron chi connectivity index (χ3n) is 2.97. The molecule has 1 amide bonds. The Morgan fingerprint density at radius 3 is 2.40 bits per heavy atom. The molecule has 0 bridgehead atoms. The lowest BCUT2D eigenvalue weighted by Gasteiger charge is -2.12. The highest BCUT2D eigenvalue weighted by Crippen LogP contribution is 2.27. The van der Waals surface area contributed by atoms with Gasteiger partial charge in [0.25, 0.3) is 5.91 Å². The fourth-order valence-corrected chi connectivity index (χ4v) is 2.22. The van der Waals surface area contributed by atoms with Crippen LogP contribution >= 0.6 is 23.8 Å². The fourth-order valence-electron chi connectivity index (χ4n) is 1.83. The maximum Gasteiger partial charge on any atom is 0.260 e. The van der Waals surface area contributed by atoms with Crippen molar-refractivity contribution in [1.82, 2.24) is 5.32 Å². The van der Waals surface area contributed by atoms with Crippen molar-refractivity contribution in [2.24, 2.45) is 0 Å². The zero-order valence-electron chi connectivity index (χ0n) is 12.4. The molecule has 2 N–H and O–H groups in total. The molecule has 0 radical (unpaired) electrons. The molecule has 0 aliphatic rings. The second-order valence-corrected chi connectivity index (χ2v) is 5.42. The molecule has 2 aromatic rings. The van der Waals surface area contributed by atoms with Crippen LogP contribution in [0.15, 0.2) is 24.3 Å². The summed E-state index contributed by atoms with van der Waals surface area (Å²) in [4.78, 5) is 12.0. The standard InChI is InChI=1S/C15H9ClF4N2O2S/c1-24-13-11(19)7(5-10(18)12(13)20)14(23)22-15(25)21-6-2-3-9(17)8(16)4-6/h2-5H,1H3,(H2,21,22,23,25). The van der Waals surface area contributed by atoms with Gasteiger partial charge in [0.15, 0.2) is 22.5 Å². The SMILES string of the molecule is COc1c(F)c(F)cc(C(=O)NC(=S)Nc2ccc(F)c(Cl)c2)c1F. The van der Waals surface area contributed by atoms with Gasteiger partial charge in [-0.25, -0.2) is 13.2 Å². The first kappa shape index (κ1) is 18.9. The predicted molar refractivity (Wildman–Crippen MR) is 88.0 cm³/mol. The summed E-state index contributed by atoms with van der Waals surface area (Å²) in [5, 5.41) is 4.11. The number of halogens is 5. The summed E-state index contributed by atoms with van der Waals surface area (Å²) in [5.41, 5.74) is -0.558. The van der Waals surface area contributed by atoms with Gasteiger partial charge in [-0.15, -0.1) is 0 Å². The molecule has 0 saturated heterocycles. The zero-order valence-corrected chi connectivity index (χ0v) is 14.0. The maximum absolute atomic E-state index is 14.0. The minimum Gasteiger partial charge on any atom is -0.491 e. The Bertz CT molecular complexity index is 864. The van der Waals surface area contributed by atoms with Crippen molar-refractivity contribution in [3.05, 3.63) is 58.1 Å². The third kappa shape index (κ3) is 4.18. The molecule has 0 aromatic heterocycles. The molecule has 25 heavy (non-hydrogen) atoms. The number of amides is 1. The van der Waals surface area contributed by atoms with E-state index in [-0.39, 0.29) is 15.8 Å². The number of hydrogen-bond acceptors (Lipinski definition) is 3. The van der Waals surface area contributed by atoms with Gasteiger partial charge in [-0.3, -0.25) is 10.1 Å². The van der Waals surface area contributed by atoms with Crippen LogP contribution in [0.1, 0.15) is 10.4 Å². The largest absolute Gasteiger partial charge is 0.491 e. The van der Waals surface area contributed by atoms with Crippen LogP contribution in [0, 0.1) is 23.3 Å². The summed E-state index contributed by atoms with van der Waals surface area (Å²) in [6, 6.07) is 3.94. The minimum absolute atomic E-state index is 0.185. The van der Waals surface area contributed by atoms with Crippen LogP contribution in [0.4, 0.5) is 23.2 Å². The van der Waals surface area contributed by atoms with Gasteiger partial charge in [0, 0.05) is 5.69 Å². The van der Waals surface area contributed by atoms with Crippen LogP contribution in [0.2, 0.25) is 5.02 Å². The quantitative estimate of drug-likeness (QED) is 0.470. The van der Waals surface area contributed by atoms with Crippen LogP contribution in [-0.2, 0) is 0 Å². The van der Waals surface area contributed by atoms with Gasteiger partial charge in [0.05, 0.1) is 17.7 Å². The second-order valence-electron chi connectivity index (χ2n) is 4.60. The maximum atomic E-state index is 14.0. The lowest BCUT2D eigenvalue weighted by Crippen LogP contribution is -2.34. The van der Waals surface area contributed by atoms with Gasteiger partial charge in [-0.1, -0.05) is 11.6 Å². The summed E-state index contributed by atoms with van der Waals surface area (Å²) in [5.74, 6) is -7.23. The molecule has 0 aliphatic heterocycles. The Labute approximate surface area is 149 Å². The molecular formula is C15H9ClF4N2O2S. The van der Waals surface area contributed by atoms with Crippen LogP contribution in [0.25, 0.3) is 0 Å². The minimum atomic E-state index is -1.56. The molecular weight excluding hydrogens is 384 g/mol. The highest BCUT2D eigenvalue weighted by molar-refractivity contribution is 7.80. The highest BCUT2D eigenvalue weighted by Gasteiger charge is 2.24. The number of ether oxygens (including phenoxy) is 1. The average molecular weight is 393 g/mol. The Balaban J connectivity index is 2.18. The van der Waals surface area contributed by atoms with Gasteiger partial charge in [-0.05, 0) is 36.5 Å². The Morgan fingerprint density at radius 1 is 1.12 bits per heavy atom. The van der Waals surface area contributed by atoms with E-state index < -0.39 is 40.5 Å². The lowest BCUT2D eigenvalue weighted by molar-refractivity contribution is 0.0972. The molecule has 0 aliphatic carbocycles. The first-order chi connectivity index (χ1) is 11.7. The number of carbonyl (C=O) groups is 1. The van der Waals surface area contributed by atoms with Crippen molar-refractivity contribution in [2.75, 3.05) is 12.4 Å². The van der Waals surface area contributed by atoms with E-state index in [4.69, 9.17) is 23.8 Å². The van der Waals surface area contributed by atoms with E-state index in [1.807, 2.05) is 0 Å². The van der Waals surface area contributed by atoms with Crippen LogP contribution in [0.5, 0.6) is 5.75 Å². The van der Waals surface area contributed by atoms with Crippen LogP contribution in [-0.4, -0.2) is 18.1 Å². The normalized spacial score (nSPS) is 10.3. The first-order valence-corrected chi connectivity index (χ1v) is 7.32. The third-order valence-corrected chi connectivity index (χ3v) is 3.46. The number of rotatable bonds is 3. The summed E-state index contributed by atoms with van der Waals surface area (Å²) in [7, 11) is 0.924. The highest BCUT2D eigenvalue weighted by atomic mass is 35.5. The van der Waals surface area contributed by atoms with Gasteiger partial charge >= 0.3 is 0 Å². The summed E-state index contributed by atoms with van der Waals surface area (Å²) in [6.45, 7) is 0. The van der Waals surface area contributed by atoms with Gasteiger partial charge < -0.3 is 10.1 Å². The van der Waals surface area contributed by atoms with Crippen molar-refractivity contribution < 1.29 is 27.1 Å². The predicted octanol–water partition coefficient (Wildman–Crippen LogP) is 4.03. The topological polar surface area (TPSA) is 50.4 Å². The van der Waals surface area contributed by atoms with Crippen molar-refractivity contribution >= 4 is 40.5 Å². The first-order valence-electron chi connectivity index (χ1n) is 6.53. The van der Waals surface area contributed by atoms with E-state index >= 15 is 0 Å². The smallest absolute Gasteiger partial charge is 0.260 e. The molecule has 4 nitrogen and oxygen atoms in total. The molecule has 0 fully saturated rings. The molecule has 0 heterocycles. The van der Waals surface area contributed by atoms with E-state index in [1.54, 1.807) is 0 Å². The van der Waals surface area contributed by atoms with E-state index in [0.717, 1.165) is 13.2 Å². The molecule has 132 valence electrons. The molecule has 0 atom stereocenters. The summed E-state index contributed by atoms with van der Waals surface area (Å²) in [6.07, 6.45) is 0. The van der Waals surface area contributed by atoms with Gasteiger partial charge in [0.1, 0.15) is 5.82 Å². The molecule has 0 unspecified atom stereocenters. The van der Waals surface area contributed by atoms with Gasteiger partial charge in [0.2, 0.25) is 5.82 Å². The number of carbonyl (C=O) groups excluding carboxylic acids is 1. The van der Waals surface area contributed by atoms with E-state index in [1.165, 1.54) is 12.1 Å². The van der Waals surface area contributed by atoms with E-state index in [0.29, 0.717) is 6.07 Å². The Morgan fingerprint density at radius 2 is 1.80 bits per heavy atom. The Kier molecular flexibility index (Phi) is 5.81. The van der Waals surface area contributed by atoms with E-state index in [2.05, 4.69) is 15.4 Å². The molecule has 2 rings (SSSR count). The zero-order chi connectivity index (χ0) is 18.7. The molecule has 10 heteroatoms. The van der Waals surface area contributed by atoms with E-state index in [9.17, 15) is 22.4 Å². The van der Waals surface area contributed by atoms with Crippen LogP contribution < -0.4 is 15.4 Å². The van der Waals surface area contributed by atoms with Crippen molar-refractivity contribution in [3.63, 3.8) is 0 Å². The fraction of sp³-hybridized carbons (Fsp3) is 0.0667. The summed E-state index contributed by atoms with van der Waals surface area (Å²) >= 11 is 10.4. The number of benzene rings is 2. The number of thiocarbonyl (C=S) groups is 1. The molecule has 0 saturated carbocycles. The lowest BCUT2D eigenvalue weighted by atomic mass is 10.1. The van der Waals surface area contributed by atoms with Gasteiger partial charge in [-0.2, -0.15) is 4.39 Å².